The first-order valence-electron chi connectivity index (χ1n) is 13.3. The minimum Gasteiger partial charge on any atom is -0.496 e. The molecule has 2 amide bonds. The van der Waals surface area contributed by atoms with E-state index >= 15 is 0 Å². The van der Waals surface area contributed by atoms with Gasteiger partial charge < -0.3 is 14.2 Å². The number of carbonyl (C=O) groups excluding carboxylic acids is 2. The number of hydrogen-bond acceptors (Lipinski definition) is 6. The van der Waals surface area contributed by atoms with E-state index in [9.17, 15) is 14.4 Å². The molecule has 2 bridgehead atoms. The molecule has 8 nitrogen and oxygen atoms in total. The van der Waals surface area contributed by atoms with E-state index in [1.54, 1.807) is 27.3 Å². The molecule has 0 spiro atoms. The number of likely N-dealkylation sites (tertiary alicyclic amines) is 1. The van der Waals surface area contributed by atoms with Crippen molar-refractivity contribution in [1.29, 1.82) is 0 Å². The van der Waals surface area contributed by atoms with Crippen molar-refractivity contribution in [3.8, 4) is 5.75 Å². The maximum absolute atomic E-state index is 14.2. The van der Waals surface area contributed by atoms with Gasteiger partial charge >= 0.3 is 0 Å². The van der Waals surface area contributed by atoms with E-state index in [1.165, 1.54) is 9.80 Å². The molecule has 2 aromatic carbocycles. The lowest BCUT2D eigenvalue weighted by atomic mass is 9.74. The molecule has 1 aromatic heterocycles. The number of nitrogens with zero attached hydrogens (tertiary/aromatic N) is 4. The molecular formula is C30H32N4O4S. The summed E-state index contributed by atoms with van der Waals surface area (Å²) < 4.78 is 7.66. The van der Waals surface area contributed by atoms with Crippen molar-refractivity contribution >= 4 is 39.9 Å². The van der Waals surface area contributed by atoms with Gasteiger partial charge in [0.05, 0.1) is 7.11 Å². The molecular weight excluding hydrogens is 512 g/mol. The third-order valence-electron chi connectivity index (χ3n) is 8.75. The molecule has 2 atom stereocenters. The van der Waals surface area contributed by atoms with Crippen molar-refractivity contribution in [2.45, 2.75) is 25.3 Å². The molecule has 0 unspecified atom stereocenters. The molecule has 2 fully saturated rings. The van der Waals surface area contributed by atoms with Crippen LogP contribution in [-0.4, -0.2) is 77.0 Å². The van der Waals surface area contributed by atoms with E-state index in [-0.39, 0.29) is 47.3 Å². The minimum absolute atomic E-state index is 0.0320. The van der Waals surface area contributed by atoms with Crippen LogP contribution < -0.4 is 10.3 Å². The third kappa shape index (κ3) is 4.06. The quantitative estimate of drug-likeness (QED) is 0.363. The van der Waals surface area contributed by atoms with Crippen LogP contribution in [0.2, 0.25) is 0 Å². The maximum atomic E-state index is 14.2. The Morgan fingerprint density at radius 3 is 2.41 bits per heavy atom. The van der Waals surface area contributed by atoms with Crippen LogP contribution in [0.25, 0.3) is 10.8 Å². The number of piperidine rings is 1. The molecule has 39 heavy (non-hydrogen) atoms. The highest BCUT2D eigenvalue weighted by atomic mass is 32.1. The Bertz CT molecular complexity index is 1540. The average Bonchev–Trinajstić information content (AvgIpc) is 2.94. The first kappa shape index (κ1) is 25.7. The standard InChI is InChI=1S/C30H32N4O4S/c1-31-27(36)30(28(37)32(2)29(31)39,14-23-22-8-5-4-7-20(22)11-12-25(23)38-3)18-33-15-19-13-21(17-33)24-9-6-10-26(35)34(24)16-19/h4-12,19,21H,13-18H2,1-3H3/t19-,21-/m1/s1. The Balaban J connectivity index is 1.44. The van der Waals surface area contributed by atoms with Crippen LogP contribution in [0.1, 0.15) is 23.6 Å². The summed E-state index contributed by atoms with van der Waals surface area (Å²) in [7, 11) is 4.91. The molecule has 202 valence electrons. The van der Waals surface area contributed by atoms with Gasteiger partial charge in [0.1, 0.15) is 11.2 Å². The zero-order valence-electron chi connectivity index (χ0n) is 22.4. The molecule has 6 rings (SSSR count). The highest BCUT2D eigenvalue weighted by Crippen LogP contribution is 2.41. The molecule has 4 heterocycles. The van der Waals surface area contributed by atoms with Crippen LogP contribution >= 0.6 is 12.2 Å². The summed E-state index contributed by atoms with van der Waals surface area (Å²) in [6.07, 6.45) is 1.18. The van der Waals surface area contributed by atoms with E-state index in [0.717, 1.165) is 28.5 Å². The lowest BCUT2D eigenvalue weighted by Crippen LogP contribution is -2.67. The number of methoxy groups -OCH3 is 1. The number of benzene rings is 2. The van der Waals surface area contributed by atoms with Crippen molar-refractivity contribution in [3.63, 3.8) is 0 Å². The van der Waals surface area contributed by atoms with Gasteiger partial charge in [0.2, 0.25) is 11.8 Å². The van der Waals surface area contributed by atoms with E-state index in [0.29, 0.717) is 25.4 Å². The van der Waals surface area contributed by atoms with Gasteiger partial charge in [-0.3, -0.25) is 24.2 Å². The fraction of sp³-hybridized carbons (Fsp3) is 0.400. The SMILES string of the molecule is COc1ccc2ccccc2c1CC1(CN2C[C@H]3C[C@H](C2)c2cccc(=O)n2C3)C(=O)N(C)C(=S)N(C)C1=O. The number of aromatic nitrogens is 1. The predicted octanol–water partition coefficient (Wildman–Crippen LogP) is 2.87. The Hall–Kier alpha value is -3.56. The number of hydrogen-bond donors (Lipinski definition) is 0. The summed E-state index contributed by atoms with van der Waals surface area (Å²) in [5.74, 6) is 0.499. The summed E-state index contributed by atoms with van der Waals surface area (Å²) in [5.41, 5.74) is 0.515. The van der Waals surface area contributed by atoms with Gasteiger partial charge in [0.25, 0.3) is 5.56 Å². The number of pyridine rings is 1. The number of ether oxygens (including phenoxy) is 1. The van der Waals surface area contributed by atoms with Crippen LogP contribution in [0, 0.1) is 11.3 Å². The third-order valence-corrected chi connectivity index (χ3v) is 9.29. The highest BCUT2D eigenvalue weighted by Gasteiger charge is 2.56. The average molecular weight is 545 g/mol. The zero-order valence-corrected chi connectivity index (χ0v) is 23.2. The Morgan fingerprint density at radius 2 is 1.67 bits per heavy atom. The predicted molar refractivity (Wildman–Crippen MR) is 153 cm³/mol. The molecule has 0 radical (unpaired) electrons. The van der Waals surface area contributed by atoms with E-state index in [4.69, 9.17) is 17.0 Å². The second kappa shape index (κ2) is 9.57. The van der Waals surface area contributed by atoms with Gasteiger partial charge in [-0.15, -0.1) is 0 Å². The largest absolute Gasteiger partial charge is 0.496 e. The summed E-state index contributed by atoms with van der Waals surface area (Å²) in [4.78, 5) is 46.0. The highest BCUT2D eigenvalue weighted by molar-refractivity contribution is 7.80. The van der Waals surface area contributed by atoms with E-state index in [1.807, 2.05) is 53.1 Å². The van der Waals surface area contributed by atoms with Gasteiger partial charge in [-0.1, -0.05) is 36.4 Å². The molecule has 3 aliphatic rings. The Morgan fingerprint density at radius 1 is 0.923 bits per heavy atom. The fourth-order valence-corrected chi connectivity index (χ4v) is 7.14. The molecule has 0 saturated carbocycles. The Labute approximate surface area is 232 Å². The maximum Gasteiger partial charge on any atom is 0.250 e. The fourth-order valence-electron chi connectivity index (χ4n) is 6.97. The zero-order chi connectivity index (χ0) is 27.5. The topological polar surface area (TPSA) is 75.1 Å². The summed E-state index contributed by atoms with van der Waals surface area (Å²) in [5, 5.41) is 2.18. The van der Waals surface area contributed by atoms with Crippen molar-refractivity contribution in [1.82, 2.24) is 19.3 Å². The number of carbonyl (C=O) groups is 2. The van der Waals surface area contributed by atoms with Gasteiger partial charge in [0.15, 0.2) is 5.11 Å². The Kier molecular flexibility index (Phi) is 6.31. The van der Waals surface area contributed by atoms with E-state index < -0.39 is 5.41 Å². The first-order valence-corrected chi connectivity index (χ1v) is 13.7. The molecule has 3 aromatic rings. The van der Waals surface area contributed by atoms with Crippen LogP contribution in [0.4, 0.5) is 0 Å². The van der Waals surface area contributed by atoms with Crippen molar-refractivity contribution in [2.24, 2.45) is 11.3 Å². The molecule has 9 heteroatoms. The van der Waals surface area contributed by atoms with Crippen molar-refractivity contribution < 1.29 is 14.3 Å². The normalized spacial score (nSPS) is 22.8. The minimum atomic E-state index is -1.38. The number of rotatable bonds is 5. The summed E-state index contributed by atoms with van der Waals surface area (Å²) in [6.45, 7) is 2.30. The van der Waals surface area contributed by atoms with Crippen LogP contribution in [0.5, 0.6) is 5.75 Å². The van der Waals surface area contributed by atoms with Crippen LogP contribution in [-0.2, 0) is 22.6 Å². The molecule has 0 N–H and O–H groups in total. The van der Waals surface area contributed by atoms with E-state index in [2.05, 4.69) is 4.90 Å². The van der Waals surface area contributed by atoms with Crippen LogP contribution in [0.15, 0.2) is 59.4 Å². The summed E-state index contributed by atoms with van der Waals surface area (Å²) >= 11 is 5.46. The van der Waals surface area contributed by atoms with Gasteiger partial charge in [-0.25, -0.2) is 0 Å². The number of thiocarbonyl (C=S) groups is 1. The van der Waals surface area contributed by atoms with Gasteiger partial charge in [-0.2, -0.15) is 0 Å². The summed E-state index contributed by atoms with van der Waals surface area (Å²) in [6, 6.07) is 17.3. The second-order valence-corrected chi connectivity index (χ2v) is 11.5. The second-order valence-electron chi connectivity index (χ2n) is 11.1. The number of fused-ring (bicyclic) bond motifs is 5. The monoisotopic (exact) mass is 544 g/mol. The molecule has 2 saturated heterocycles. The van der Waals surface area contributed by atoms with Gasteiger partial charge in [0, 0.05) is 69.9 Å². The smallest absolute Gasteiger partial charge is 0.250 e. The number of amides is 2. The lowest BCUT2D eigenvalue weighted by Gasteiger charge is -2.49. The van der Waals surface area contributed by atoms with Crippen LogP contribution in [0.3, 0.4) is 0 Å². The first-order chi connectivity index (χ1) is 18.7. The molecule has 0 aliphatic carbocycles. The van der Waals surface area contributed by atoms with Crippen molar-refractivity contribution in [3.05, 3.63) is 76.2 Å². The molecule has 3 aliphatic heterocycles. The van der Waals surface area contributed by atoms with Gasteiger partial charge in [-0.05, 0) is 47.5 Å². The lowest BCUT2D eigenvalue weighted by molar-refractivity contribution is -0.157. The van der Waals surface area contributed by atoms with Crippen molar-refractivity contribution in [2.75, 3.05) is 40.8 Å².